The standard InChI is InChI=1S/C26H29N3O2/c1-19-5-3-6-21(17-19)25-26(28-15-14-27-25)22-7-4-16-29(18-22)24(30)13-10-20-8-11-23(31-2)12-9-20/h3,5-6,8-9,11-12,14-15,17,22H,4,7,10,13,16,18H2,1-2H3/t22-/m0/s1. The second kappa shape index (κ2) is 9.73. The highest BCUT2D eigenvalue weighted by Crippen LogP contribution is 2.32. The molecule has 0 spiro atoms. The van der Waals surface area contributed by atoms with Crippen LogP contribution in [0.5, 0.6) is 5.75 Å². The predicted molar refractivity (Wildman–Crippen MR) is 122 cm³/mol. The van der Waals surface area contributed by atoms with E-state index in [9.17, 15) is 4.79 Å². The van der Waals surface area contributed by atoms with Crippen molar-refractivity contribution in [3.05, 3.63) is 77.7 Å². The summed E-state index contributed by atoms with van der Waals surface area (Å²) in [4.78, 5) is 24.3. The van der Waals surface area contributed by atoms with Crippen LogP contribution in [0.1, 0.15) is 42.0 Å². The fraction of sp³-hybridized carbons (Fsp3) is 0.346. The Morgan fingerprint density at radius 1 is 1.13 bits per heavy atom. The molecule has 1 aromatic heterocycles. The van der Waals surface area contributed by atoms with E-state index in [1.54, 1.807) is 19.5 Å². The van der Waals surface area contributed by atoms with Gasteiger partial charge in [0.15, 0.2) is 0 Å². The summed E-state index contributed by atoms with van der Waals surface area (Å²) in [6.07, 6.45) is 6.79. The number of benzene rings is 2. The summed E-state index contributed by atoms with van der Waals surface area (Å²) in [6.45, 7) is 3.61. The summed E-state index contributed by atoms with van der Waals surface area (Å²) >= 11 is 0. The molecule has 0 aliphatic carbocycles. The number of likely N-dealkylation sites (tertiary alicyclic amines) is 1. The van der Waals surface area contributed by atoms with Crippen molar-refractivity contribution in [3.8, 4) is 17.0 Å². The molecular formula is C26H29N3O2. The van der Waals surface area contributed by atoms with Crippen LogP contribution in [0.2, 0.25) is 0 Å². The summed E-state index contributed by atoms with van der Waals surface area (Å²) in [5, 5.41) is 0. The van der Waals surface area contributed by atoms with Gasteiger partial charge < -0.3 is 9.64 Å². The zero-order chi connectivity index (χ0) is 21.6. The number of rotatable bonds is 6. The normalized spacial score (nSPS) is 16.2. The number of nitrogens with zero attached hydrogens (tertiary/aromatic N) is 3. The molecule has 5 heteroatoms. The van der Waals surface area contributed by atoms with Crippen LogP contribution in [0.15, 0.2) is 60.9 Å². The molecule has 160 valence electrons. The number of hydrogen-bond acceptors (Lipinski definition) is 4. The summed E-state index contributed by atoms with van der Waals surface area (Å²) in [5.74, 6) is 1.26. The van der Waals surface area contributed by atoms with E-state index in [1.165, 1.54) is 5.56 Å². The van der Waals surface area contributed by atoms with Crippen LogP contribution in [0.4, 0.5) is 0 Å². The first kappa shape index (κ1) is 21.0. The first-order chi connectivity index (χ1) is 15.1. The maximum absolute atomic E-state index is 12.9. The smallest absolute Gasteiger partial charge is 0.222 e. The molecule has 1 saturated heterocycles. The van der Waals surface area contributed by atoms with Crippen LogP contribution in [0.25, 0.3) is 11.3 Å². The lowest BCUT2D eigenvalue weighted by molar-refractivity contribution is -0.132. The Hall–Kier alpha value is -3.21. The summed E-state index contributed by atoms with van der Waals surface area (Å²) in [6, 6.07) is 16.3. The van der Waals surface area contributed by atoms with E-state index in [0.29, 0.717) is 13.0 Å². The third kappa shape index (κ3) is 5.10. The molecule has 3 aromatic rings. The van der Waals surface area contributed by atoms with E-state index in [2.05, 4.69) is 36.2 Å². The predicted octanol–water partition coefficient (Wildman–Crippen LogP) is 4.80. The Kier molecular flexibility index (Phi) is 6.60. The molecular weight excluding hydrogens is 386 g/mol. The lowest BCUT2D eigenvalue weighted by atomic mass is 9.91. The van der Waals surface area contributed by atoms with Crippen LogP contribution in [0.3, 0.4) is 0 Å². The molecule has 2 aromatic carbocycles. The topological polar surface area (TPSA) is 55.3 Å². The van der Waals surface area contributed by atoms with Crippen molar-refractivity contribution in [1.82, 2.24) is 14.9 Å². The van der Waals surface area contributed by atoms with Gasteiger partial charge in [-0.25, -0.2) is 0 Å². The minimum absolute atomic E-state index is 0.210. The monoisotopic (exact) mass is 415 g/mol. The fourth-order valence-electron chi connectivity index (χ4n) is 4.29. The Bertz CT molecular complexity index is 1030. The highest BCUT2D eigenvalue weighted by molar-refractivity contribution is 5.76. The average molecular weight is 416 g/mol. The zero-order valence-electron chi connectivity index (χ0n) is 18.3. The van der Waals surface area contributed by atoms with Crippen LogP contribution in [0, 0.1) is 6.92 Å². The number of piperidine rings is 1. The van der Waals surface area contributed by atoms with Gasteiger partial charge in [-0.15, -0.1) is 0 Å². The Labute approximate surface area is 184 Å². The number of aryl methyl sites for hydroxylation is 2. The highest BCUT2D eigenvalue weighted by atomic mass is 16.5. The van der Waals surface area contributed by atoms with E-state index in [-0.39, 0.29) is 11.8 Å². The molecule has 1 atom stereocenters. The van der Waals surface area contributed by atoms with Gasteiger partial charge in [-0.2, -0.15) is 0 Å². The Morgan fingerprint density at radius 2 is 1.94 bits per heavy atom. The van der Waals surface area contributed by atoms with Crippen LogP contribution >= 0.6 is 0 Å². The molecule has 0 saturated carbocycles. The van der Waals surface area contributed by atoms with Gasteiger partial charge in [-0.05, 0) is 49.9 Å². The molecule has 1 fully saturated rings. The quantitative estimate of drug-likeness (QED) is 0.580. The molecule has 0 N–H and O–H groups in total. The molecule has 4 rings (SSSR count). The van der Waals surface area contributed by atoms with Crippen molar-refractivity contribution in [2.24, 2.45) is 0 Å². The number of carbonyl (C=O) groups excluding carboxylic acids is 1. The van der Waals surface area contributed by atoms with Crippen molar-refractivity contribution < 1.29 is 9.53 Å². The summed E-state index contributed by atoms with van der Waals surface area (Å²) in [5.41, 5.74) is 5.38. The van der Waals surface area contributed by atoms with Gasteiger partial charge in [0.05, 0.1) is 18.5 Å². The molecule has 2 heterocycles. The van der Waals surface area contributed by atoms with Gasteiger partial charge in [-0.1, -0.05) is 35.9 Å². The van der Waals surface area contributed by atoms with E-state index < -0.39 is 0 Å². The fourth-order valence-corrected chi connectivity index (χ4v) is 4.29. The van der Waals surface area contributed by atoms with E-state index in [4.69, 9.17) is 9.72 Å². The zero-order valence-corrected chi connectivity index (χ0v) is 18.3. The van der Waals surface area contributed by atoms with Crippen LogP contribution in [-0.2, 0) is 11.2 Å². The second-order valence-electron chi connectivity index (χ2n) is 8.19. The third-order valence-electron chi connectivity index (χ3n) is 5.97. The van der Waals surface area contributed by atoms with Crippen LogP contribution in [-0.4, -0.2) is 41.0 Å². The highest BCUT2D eigenvalue weighted by Gasteiger charge is 2.27. The minimum atomic E-state index is 0.210. The maximum atomic E-state index is 12.9. The number of aromatic nitrogens is 2. The van der Waals surface area contributed by atoms with Crippen molar-refractivity contribution in [1.29, 1.82) is 0 Å². The minimum Gasteiger partial charge on any atom is -0.497 e. The maximum Gasteiger partial charge on any atom is 0.222 e. The van der Waals surface area contributed by atoms with E-state index in [0.717, 1.165) is 54.1 Å². The van der Waals surface area contributed by atoms with Gasteiger partial charge >= 0.3 is 0 Å². The first-order valence-corrected chi connectivity index (χ1v) is 10.9. The molecule has 0 radical (unpaired) electrons. The van der Waals surface area contributed by atoms with Crippen molar-refractivity contribution in [2.75, 3.05) is 20.2 Å². The number of amides is 1. The molecule has 0 unspecified atom stereocenters. The average Bonchev–Trinajstić information content (AvgIpc) is 2.83. The lowest BCUT2D eigenvalue weighted by Crippen LogP contribution is -2.39. The molecule has 31 heavy (non-hydrogen) atoms. The third-order valence-corrected chi connectivity index (χ3v) is 5.97. The van der Waals surface area contributed by atoms with Gasteiger partial charge in [0.1, 0.15) is 5.75 Å². The number of hydrogen-bond donors (Lipinski definition) is 0. The summed E-state index contributed by atoms with van der Waals surface area (Å²) < 4.78 is 5.21. The SMILES string of the molecule is COc1ccc(CCC(=O)N2CCC[C@H](c3nccnc3-c3cccc(C)c3)C2)cc1. The van der Waals surface area contributed by atoms with E-state index in [1.807, 2.05) is 29.2 Å². The largest absolute Gasteiger partial charge is 0.497 e. The van der Waals surface area contributed by atoms with Gasteiger partial charge in [0.25, 0.3) is 0 Å². The van der Waals surface area contributed by atoms with Crippen molar-refractivity contribution in [2.45, 2.75) is 38.5 Å². The van der Waals surface area contributed by atoms with Gasteiger partial charge in [0.2, 0.25) is 5.91 Å². The number of methoxy groups -OCH3 is 1. The van der Waals surface area contributed by atoms with Gasteiger partial charge in [-0.3, -0.25) is 14.8 Å². The Morgan fingerprint density at radius 3 is 2.71 bits per heavy atom. The molecule has 0 bridgehead atoms. The summed E-state index contributed by atoms with van der Waals surface area (Å²) in [7, 11) is 1.66. The Balaban J connectivity index is 1.44. The number of carbonyl (C=O) groups is 1. The van der Waals surface area contributed by atoms with Gasteiger partial charge in [0, 0.05) is 43.4 Å². The van der Waals surface area contributed by atoms with Crippen molar-refractivity contribution >= 4 is 5.91 Å². The molecule has 1 amide bonds. The van der Waals surface area contributed by atoms with E-state index >= 15 is 0 Å². The molecule has 5 nitrogen and oxygen atoms in total. The van der Waals surface area contributed by atoms with Crippen LogP contribution < -0.4 is 4.74 Å². The lowest BCUT2D eigenvalue weighted by Gasteiger charge is -2.33. The first-order valence-electron chi connectivity index (χ1n) is 10.9. The van der Waals surface area contributed by atoms with Crippen molar-refractivity contribution in [3.63, 3.8) is 0 Å². The molecule has 1 aliphatic rings. The molecule has 1 aliphatic heterocycles. The number of ether oxygens (including phenoxy) is 1. The second-order valence-corrected chi connectivity index (χ2v) is 8.19.